The maximum Gasteiger partial charge on any atom is 0.262 e. The highest BCUT2D eigenvalue weighted by molar-refractivity contribution is 5.94. The Labute approximate surface area is 161 Å². The number of carbonyl (C=O) groups excluding carboxylic acids is 2. The SMILES string of the molecule is CCC(C)c1ccccc1OCC(=O)Nc1ccc(NC(=O)C(C)C)cc1. The first-order valence-electron chi connectivity index (χ1n) is 9.33. The molecule has 0 aliphatic heterocycles. The van der Waals surface area contributed by atoms with E-state index in [0.29, 0.717) is 17.3 Å². The van der Waals surface area contributed by atoms with E-state index in [9.17, 15) is 9.59 Å². The minimum atomic E-state index is -0.229. The van der Waals surface area contributed by atoms with Gasteiger partial charge in [-0.2, -0.15) is 0 Å². The number of ether oxygens (including phenoxy) is 1. The Balaban J connectivity index is 1.90. The van der Waals surface area contributed by atoms with E-state index in [4.69, 9.17) is 4.74 Å². The largest absolute Gasteiger partial charge is 0.483 e. The molecule has 0 bridgehead atoms. The highest BCUT2D eigenvalue weighted by Crippen LogP contribution is 2.28. The van der Waals surface area contributed by atoms with Gasteiger partial charge in [-0.15, -0.1) is 0 Å². The first-order chi connectivity index (χ1) is 12.9. The predicted molar refractivity (Wildman–Crippen MR) is 109 cm³/mol. The number of benzene rings is 2. The van der Waals surface area contributed by atoms with Crippen LogP contribution in [0.15, 0.2) is 48.5 Å². The summed E-state index contributed by atoms with van der Waals surface area (Å²) in [5.74, 6) is 0.763. The number of amides is 2. The van der Waals surface area contributed by atoms with Crippen molar-refractivity contribution in [1.82, 2.24) is 0 Å². The van der Waals surface area contributed by atoms with Crippen molar-refractivity contribution in [3.8, 4) is 5.75 Å². The standard InChI is InChI=1S/C22H28N2O3/c1-5-16(4)19-8-6-7-9-20(19)27-14-21(25)23-17-10-12-18(13-11-17)24-22(26)15(2)3/h6-13,15-16H,5,14H2,1-4H3,(H,23,25)(H,24,26). The van der Waals surface area contributed by atoms with E-state index in [1.54, 1.807) is 24.3 Å². The molecule has 27 heavy (non-hydrogen) atoms. The van der Waals surface area contributed by atoms with Gasteiger partial charge in [-0.3, -0.25) is 9.59 Å². The average Bonchev–Trinajstić information content (AvgIpc) is 2.67. The molecule has 0 spiro atoms. The number of anilines is 2. The van der Waals surface area contributed by atoms with Gasteiger partial charge in [-0.25, -0.2) is 0 Å². The molecule has 5 nitrogen and oxygen atoms in total. The third-order valence-corrected chi connectivity index (χ3v) is 4.38. The van der Waals surface area contributed by atoms with Gasteiger partial charge in [0, 0.05) is 17.3 Å². The van der Waals surface area contributed by atoms with E-state index < -0.39 is 0 Å². The van der Waals surface area contributed by atoms with Crippen molar-refractivity contribution in [2.24, 2.45) is 5.92 Å². The van der Waals surface area contributed by atoms with E-state index >= 15 is 0 Å². The topological polar surface area (TPSA) is 67.4 Å². The first kappa shape index (κ1) is 20.5. The van der Waals surface area contributed by atoms with Crippen molar-refractivity contribution in [3.63, 3.8) is 0 Å². The molecule has 2 rings (SSSR count). The van der Waals surface area contributed by atoms with Crippen molar-refractivity contribution < 1.29 is 14.3 Å². The van der Waals surface area contributed by atoms with E-state index in [1.807, 2.05) is 38.1 Å². The molecule has 0 aliphatic rings. The van der Waals surface area contributed by atoms with E-state index in [0.717, 1.165) is 17.7 Å². The quantitative estimate of drug-likeness (QED) is 0.702. The third-order valence-electron chi connectivity index (χ3n) is 4.38. The number of hydrogen-bond donors (Lipinski definition) is 2. The van der Waals surface area contributed by atoms with Crippen LogP contribution in [0, 0.1) is 5.92 Å². The molecule has 0 aromatic heterocycles. The Morgan fingerprint density at radius 3 is 2.11 bits per heavy atom. The number of hydrogen-bond acceptors (Lipinski definition) is 3. The van der Waals surface area contributed by atoms with Gasteiger partial charge in [0.15, 0.2) is 6.61 Å². The van der Waals surface area contributed by atoms with Gasteiger partial charge in [0.25, 0.3) is 5.91 Å². The van der Waals surface area contributed by atoms with Gasteiger partial charge in [-0.05, 0) is 48.2 Å². The van der Waals surface area contributed by atoms with Gasteiger partial charge in [0.05, 0.1) is 0 Å². The molecule has 0 radical (unpaired) electrons. The van der Waals surface area contributed by atoms with Crippen LogP contribution in [0.3, 0.4) is 0 Å². The van der Waals surface area contributed by atoms with Crippen LogP contribution in [0.4, 0.5) is 11.4 Å². The van der Waals surface area contributed by atoms with Crippen molar-refractivity contribution in [3.05, 3.63) is 54.1 Å². The van der Waals surface area contributed by atoms with Crippen LogP contribution >= 0.6 is 0 Å². The Kier molecular flexibility index (Phi) is 7.41. The van der Waals surface area contributed by atoms with E-state index in [-0.39, 0.29) is 24.3 Å². The van der Waals surface area contributed by atoms with Crippen molar-refractivity contribution in [1.29, 1.82) is 0 Å². The lowest BCUT2D eigenvalue weighted by Gasteiger charge is -2.15. The Bertz CT molecular complexity index is 769. The summed E-state index contributed by atoms with van der Waals surface area (Å²) in [5.41, 5.74) is 2.46. The molecule has 0 heterocycles. The number of para-hydroxylation sites is 1. The summed E-state index contributed by atoms with van der Waals surface area (Å²) in [7, 11) is 0. The molecular formula is C22H28N2O3. The molecule has 0 fully saturated rings. The zero-order valence-corrected chi connectivity index (χ0v) is 16.4. The Morgan fingerprint density at radius 2 is 1.52 bits per heavy atom. The minimum absolute atomic E-state index is 0.0415. The molecule has 2 aromatic rings. The van der Waals surface area contributed by atoms with Crippen LogP contribution in [0.5, 0.6) is 5.75 Å². The van der Waals surface area contributed by atoms with Gasteiger partial charge in [0.2, 0.25) is 5.91 Å². The van der Waals surface area contributed by atoms with Crippen LogP contribution in [0.2, 0.25) is 0 Å². The molecule has 2 amide bonds. The number of rotatable bonds is 8. The maximum atomic E-state index is 12.2. The van der Waals surface area contributed by atoms with Crippen LogP contribution in [-0.4, -0.2) is 18.4 Å². The zero-order chi connectivity index (χ0) is 19.8. The maximum absolute atomic E-state index is 12.2. The second-order valence-corrected chi connectivity index (χ2v) is 6.91. The van der Waals surface area contributed by atoms with Crippen LogP contribution < -0.4 is 15.4 Å². The van der Waals surface area contributed by atoms with Crippen LogP contribution in [0.1, 0.15) is 45.6 Å². The smallest absolute Gasteiger partial charge is 0.262 e. The number of carbonyl (C=O) groups is 2. The first-order valence-corrected chi connectivity index (χ1v) is 9.33. The summed E-state index contributed by atoms with van der Waals surface area (Å²) >= 11 is 0. The van der Waals surface area contributed by atoms with E-state index in [1.165, 1.54) is 0 Å². The fourth-order valence-corrected chi connectivity index (χ4v) is 2.50. The molecule has 0 saturated carbocycles. The molecule has 0 saturated heterocycles. The lowest BCUT2D eigenvalue weighted by atomic mass is 9.98. The summed E-state index contributed by atoms with van der Waals surface area (Å²) in [4.78, 5) is 23.9. The zero-order valence-electron chi connectivity index (χ0n) is 16.4. The highest BCUT2D eigenvalue weighted by Gasteiger charge is 2.11. The lowest BCUT2D eigenvalue weighted by Crippen LogP contribution is -2.21. The third kappa shape index (κ3) is 6.13. The van der Waals surface area contributed by atoms with Gasteiger partial charge in [-0.1, -0.05) is 45.9 Å². The van der Waals surface area contributed by atoms with Crippen molar-refractivity contribution in [2.75, 3.05) is 17.2 Å². The van der Waals surface area contributed by atoms with E-state index in [2.05, 4.69) is 24.5 Å². The fourth-order valence-electron chi connectivity index (χ4n) is 2.50. The van der Waals surface area contributed by atoms with Crippen LogP contribution in [-0.2, 0) is 9.59 Å². The second kappa shape index (κ2) is 9.76. The highest BCUT2D eigenvalue weighted by atomic mass is 16.5. The molecule has 1 unspecified atom stereocenters. The normalized spacial score (nSPS) is 11.7. The summed E-state index contributed by atoms with van der Waals surface area (Å²) in [6.45, 7) is 7.88. The average molecular weight is 368 g/mol. The number of nitrogens with one attached hydrogen (secondary N) is 2. The molecular weight excluding hydrogens is 340 g/mol. The van der Waals surface area contributed by atoms with Gasteiger partial charge < -0.3 is 15.4 Å². The molecule has 0 aliphatic carbocycles. The minimum Gasteiger partial charge on any atom is -0.483 e. The lowest BCUT2D eigenvalue weighted by molar-refractivity contribution is -0.119. The van der Waals surface area contributed by atoms with Gasteiger partial charge >= 0.3 is 0 Å². The molecule has 2 N–H and O–H groups in total. The summed E-state index contributed by atoms with van der Waals surface area (Å²) in [6, 6.07) is 14.8. The van der Waals surface area contributed by atoms with Crippen molar-refractivity contribution in [2.45, 2.75) is 40.0 Å². The molecule has 2 aromatic carbocycles. The summed E-state index contributed by atoms with van der Waals surface area (Å²) in [6.07, 6.45) is 1.01. The van der Waals surface area contributed by atoms with Crippen molar-refractivity contribution >= 4 is 23.2 Å². The monoisotopic (exact) mass is 368 g/mol. The Morgan fingerprint density at radius 1 is 0.926 bits per heavy atom. The van der Waals surface area contributed by atoms with Gasteiger partial charge in [0.1, 0.15) is 5.75 Å². The van der Waals surface area contributed by atoms with Crippen LogP contribution in [0.25, 0.3) is 0 Å². The molecule has 1 atom stereocenters. The summed E-state index contributed by atoms with van der Waals surface area (Å²) < 4.78 is 5.73. The Hall–Kier alpha value is -2.82. The predicted octanol–water partition coefficient (Wildman–Crippen LogP) is 4.81. The molecule has 5 heteroatoms. The summed E-state index contributed by atoms with van der Waals surface area (Å²) in [5, 5.41) is 5.62. The molecule has 144 valence electrons. The second-order valence-electron chi connectivity index (χ2n) is 6.91. The fraction of sp³-hybridized carbons (Fsp3) is 0.364.